The number of aryl methyl sites for hydroxylation is 2. The summed E-state index contributed by atoms with van der Waals surface area (Å²) >= 11 is 12.0. The zero-order chi connectivity index (χ0) is 19.7. The van der Waals surface area contributed by atoms with Crippen LogP contribution >= 0.6 is 23.2 Å². The van der Waals surface area contributed by atoms with Crippen LogP contribution in [-0.4, -0.2) is 18.5 Å². The Kier molecular flexibility index (Phi) is 5.29. The zero-order valence-corrected chi connectivity index (χ0v) is 16.4. The molecule has 28 heavy (non-hydrogen) atoms. The molecule has 0 saturated heterocycles. The number of nitrogens with one attached hydrogen (secondary N) is 1. The van der Waals surface area contributed by atoms with Gasteiger partial charge < -0.3 is 14.5 Å². The van der Waals surface area contributed by atoms with Gasteiger partial charge in [0.05, 0.1) is 28.4 Å². The van der Waals surface area contributed by atoms with Gasteiger partial charge >= 0.3 is 5.97 Å². The fourth-order valence-electron chi connectivity index (χ4n) is 3.43. The van der Waals surface area contributed by atoms with E-state index in [9.17, 15) is 9.59 Å². The third-order valence-corrected chi connectivity index (χ3v) is 5.42. The Morgan fingerprint density at radius 1 is 1.11 bits per heavy atom. The van der Waals surface area contributed by atoms with Crippen LogP contribution in [0.3, 0.4) is 0 Å². The highest BCUT2D eigenvalue weighted by Crippen LogP contribution is 2.31. The number of rotatable bonds is 5. The predicted octanol–water partition coefficient (Wildman–Crippen LogP) is 4.95. The van der Waals surface area contributed by atoms with E-state index >= 15 is 0 Å². The van der Waals surface area contributed by atoms with Crippen LogP contribution in [0.4, 0.5) is 5.69 Å². The van der Waals surface area contributed by atoms with Crippen molar-refractivity contribution < 1.29 is 18.7 Å². The molecule has 7 heteroatoms. The fraction of sp³-hybridized carbons (Fsp3) is 0.238. The van der Waals surface area contributed by atoms with Gasteiger partial charge in [-0.25, -0.2) is 0 Å². The van der Waals surface area contributed by atoms with Crippen molar-refractivity contribution in [3.8, 4) is 0 Å². The summed E-state index contributed by atoms with van der Waals surface area (Å²) in [5.41, 5.74) is 4.44. The van der Waals surface area contributed by atoms with E-state index in [1.54, 1.807) is 24.5 Å². The molecule has 1 aliphatic rings. The van der Waals surface area contributed by atoms with E-state index in [4.69, 9.17) is 32.4 Å². The lowest BCUT2D eigenvalue weighted by atomic mass is 10.0. The Bertz CT molecular complexity index is 1050. The average Bonchev–Trinajstić information content (AvgIpc) is 3.28. The van der Waals surface area contributed by atoms with E-state index in [2.05, 4.69) is 11.4 Å². The van der Waals surface area contributed by atoms with E-state index < -0.39 is 18.5 Å². The summed E-state index contributed by atoms with van der Waals surface area (Å²) in [6.45, 7) is -0.425. The molecule has 0 spiro atoms. The lowest BCUT2D eigenvalue weighted by Crippen LogP contribution is -2.22. The van der Waals surface area contributed by atoms with Gasteiger partial charge in [0, 0.05) is 10.9 Å². The molecule has 0 bridgehead atoms. The molecule has 0 saturated carbocycles. The molecule has 144 valence electrons. The average molecular weight is 418 g/mol. The molecule has 0 aliphatic heterocycles. The molecular formula is C21H17Cl2NO4. The Labute approximate surface area is 171 Å². The summed E-state index contributed by atoms with van der Waals surface area (Å²) < 4.78 is 10.7. The SMILES string of the molecule is O=C(COC(=O)Cc1coc2cc3c(cc12)CCC3)Nc1c(Cl)cccc1Cl. The van der Waals surface area contributed by atoms with Crippen LogP contribution in [0.15, 0.2) is 41.0 Å². The van der Waals surface area contributed by atoms with Crippen molar-refractivity contribution in [3.63, 3.8) is 0 Å². The number of hydrogen-bond donors (Lipinski definition) is 1. The van der Waals surface area contributed by atoms with Crippen LogP contribution in [0.5, 0.6) is 0 Å². The van der Waals surface area contributed by atoms with E-state index in [0.29, 0.717) is 15.7 Å². The van der Waals surface area contributed by atoms with E-state index in [-0.39, 0.29) is 6.42 Å². The number of carbonyl (C=O) groups excluding carboxylic acids is 2. The summed E-state index contributed by atoms with van der Waals surface area (Å²) in [5, 5.41) is 4.09. The lowest BCUT2D eigenvalue weighted by Gasteiger charge is -2.09. The number of ether oxygens (including phenoxy) is 1. The third kappa shape index (κ3) is 3.86. The zero-order valence-electron chi connectivity index (χ0n) is 14.9. The minimum atomic E-state index is -0.516. The molecule has 0 atom stereocenters. The van der Waals surface area contributed by atoms with Crippen molar-refractivity contribution in [2.75, 3.05) is 11.9 Å². The van der Waals surface area contributed by atoms with E-state index in [0.717, 1.165) is 35.8 Å². The Morgan fingerprint density at radius 2 is 1.82 bits per heavy atom. The molecule has 0 fully saturated rings. The number of carbonyl (C=O) groups is 2. The molecule has 3 aromatic rings. The Balaban J connectivity index is 1.37. The molecule has 1 aromatic heterocycles. The van der Waals surface area contributed by atoms with Gasteiger partial charge in [0.25, 0.3) is 5.91 Å². The van der Waals surface area contributed by atoms with Crippen molar-refractivity contribution in [3.05, 3.63) is 63.3 Å². The maximum absolute atomic E-state index is 12.2. The summed E-state index contributed by atoms with van der Waals surface area (Å²) in [7, 11) is 0. The molecule has 0 radical (unpaired) electrons. The number of fused-ring (bicyclic) bond motifs is 2. The van der Waals surface area contributed by atoms with Gasteiger partial charge in [0.2, 0.25) is 0 Å². The first-order valence-electron chi connectivity index (χ1n) is 8.92. The topological polar surface area (TPSA) is 68.5 Å². The fourth-order valence-corrected chi connectivity index (χ4v) is 3.92. The lowest BCUT2D eigenvalue weighted by molar-refractivity contribution is -0.146. The maximum Gasteiger partial charge on any atom is 0.310 e. The van der Waals surface area contributed by atoms with Crippen LogP contribution in [0.2, 0.25) is 10.0 Å². The predicted molar refractivity (Wildman–Crippen MR) is 108 cm³/mol. The molecule has 0 unspecified atom stereocenters. The number of hydrogen-bond acceptors (Lipinski definition) is 4. The standard InChI is InChI=1S/C21H17Cl2NO4/c22-16-5-2-6-17(23)21(16)24-19(25)11-28-20(26)9-14-10-27-18-8-13-4-1-3-12(13)7-15(14)18/h2,5-8,10H,1,3-4,9,11H2,(H,24,25). The van der Waals surface area contributed by atoms with Crippen LogP contribution in [0, 0.1) is 0 Å². The first-order valence-corrected chi connectivity index (χ1v) is 9.68. The van der Waals surface area contributed by atoms with Crippen molar-refractivity contribution in [1.29, 1.82) is 0 Å². The van der Waals surface area contributed by atoms with Crippen LogP contribution < -0.4 is 5.32 Å². The van der Waals surface area contributed by atoms with E-state index in [1.807, 2.05) is 6.07 Å². The minimum Gasteiger partial charge on any atom is -0.464 e. The highest BCUT2D eigenvalue weighted by molar-refractivity contribution is 6.39. The number of furan rings is 1. The number of halogens is 2. The highest BCUT2D eigenvalue weighted by atomic mass is 35.5. The second kappa shape index (κ2) is 7.86. The van der Waals surface area contributed by atoms with Gasteiger partial charge in [-0.15, -0.1) is 0 Å². The van der Waals surface area contributed by atoms with Gasteiger partial charge in [-0.1, -0.05) is 29.3 Å². The molecule has 2 aromatic carbocycles. The third-order valence-electron chi connectivity index (χ3n) is 4.79. The smallest absolute Gasteiger partial charge is 0.310 e. The van der Waals surface area contributed by atoms with Gasteiger partial charge in [-0.3, -0.25) is 9.59 Å². The van der Waals surface area contributed by atoms with Gasteiger partial charge in [0.1, 0.15) is 5.58 Å². The highest BCUT2D eigenvalue weighted by Gasteiger charge is 2.18. The number of anilines is 1. The summed E-state index contributed by atoms with van der Waals surface area (Å²) in [6.07, 6.45) is 4.86. The monoisotopic (exact) mass is 417 g/mol. The number of amides is 1. The quantitative estimate of drug-likeness (QED) is 0.596. The molecule has 4 rings (SSSR count). The first kappa shape index (κ1) is 18.8. The van der Waals surface area contributed by atoms with Crippen molar-refractivity contribution in [2.24, 2.45) is 0 Å². The van der Waals surface area contributed by atoms with Gasteiger partial charge in [-0.2, -0.15) is 0 Å². The summed E-state index contributed by atoms with van der Waals surface area (Å²) in [6, 6.07) is 9.03. The number of esters is 1. The normalized spacial score (nSPS) is 12.8. The summed E-state index contributed by atoms with van der Waals surface area (Å²) in [4.78, 5) is 24.2. The Hall–Kier alpha value is -2.50. The minimum absolute atomic E-state index is 0.0336. The molecular weight excluding hydrogens is 401 g/mol. The molecule has 1 amide bonds. The largest absolute Gasteiger partial charge is 0.464 e. The summed E-state index contributed by atoms with van der Waals surface area (Å²) in [5.74, 6) is -1.03. The maximum atomic E-state index is 12.2. The van der Waals surface area contributed by atoms with Crippen LogP contribution in [0.1, 0.15) is 23.1 Å². The van der Waals surface area contributed by atoms with Crippen molar-refractivity contribution >= 4 is 51.7 Å². The first-order chi connectivity index (χ1) is 13.5. The molecule has 1 aliphatic carbocycles. The second-order valence-electron chi connectivity index (χ2n) is 6.71. The van der Waals surface area contributed by atoms with Crippen molar-refractivity contribution in [1.82, 2.24) is 0 Å². The number of para-hydroxylation sites is 1. The van der Waals surface area contributed by atoms with E-state index in [1.165, 1.54) is 11.1 Å². The van der Waals surface area contributed by atoms with Gasteiger partial charge in [-0.05, 0) is 54.7 Å². The number of benzene rings is 2. The van der Waals surface area contributed by atoms with Gasteiger partial charge in [0.15, 0.2) is 6.61 Å². The van der Waals surface area contributed by atoms with Crippen LogP contribution in [-0.2, 0) is 33.6 Å². The second-order valence-corrected chi connectivity index (χ2v) is 7.53. The van der Waals surface area contributed by atoms with Crippen molar-refractivity contribution in [2.45, 2.75) is 25.7 Å². The molecule has 5 nitrogen and oxygen atoms in total. The van der Waals surface area contributed by atoms with Crippen LogP contribution in [0.25, 0.3) is 11.0 Å². The Morgan fingerprint density at radius 3 is 2.57 bits per heavy atom. The molecule has 1 N–H and O–H groups in total. The molecule has 1 heterocycles.